The van der Waals surface area contributed by atoms with Crippen LogP contribution in [0.1, 0.15) is 12.5 Å². The Balaban J connectivity index is 2.13. The molecule has 1 N–H and O–H groups in total. The quantitative estimate of drug-likeness (QED) is 0.844. The zero-order chi connectivity index (χ0) is 15.9. The summed E-state index contributed by atoms with van der Waals surface area (Å²) in [5, 5.41) is 3.69. The van der Waals surface area contributed by atoms with Crippen molar-refractivity contribution >= 4 is 23.6 Å². The monoisotopic (exact) mass is 324 g/mol. The van der Waals surface area contributed by atoms with E-state index in [4.69, 9.17) is 21.1 Å². The molecule has 1 aromatic rings. The van der Waals surface area contributed by atoms with E-state index in [0.29, 0.717) is 23.1 Å². The van der Waals surface area contributed by atoms with Gasteiger partial charge in [0.2, 0.25) is 5.91 Å². The lowest BCUT2D eigenvalue weighted by Crippen LogP contribution is -2.45. The SMILES string of the molecule is CCOc1c(Cl)cc(/C=C/C(=O)N2CCNCC2)cc1OC. The smallest absolute Gasteiger partial charge is 0.246 e. The highest BCUT2D eigenvalue weighted by Crippen LogP contribution is 2.36. The molecule has 1 aliphatic heterocycles. The summed E-state index contributed by atoms with van der Waals surface area (Å²) in [7, 11) is 1.56. The summed E-state index contributed by atoms with van der Waals surface area (Å²) in [6.07, 6.45) is 3.31. The lowest BCUT2D eigenvalue weighted by atomic mass is 10.1. The lowest BCUT2D eigenvalue weighted by Gasteiger charge is -2.26. The number of rotatable bonds is 5. The molecule has 0 bridgehead atoms. The highest BCUT2D eigenvalue weighted by atomic mass is 35.5. The van der Waals surface area contributed by atoms with Crippen LogP contribution in [0.15, 0.2) is 18.2 Å². The second kappa shape index (κ2) is 8.06. The van der Waals surface area contributed by atoms with E-state index >= 15 is 0 Å². The molecule has 120 valence electrons. The number of hydrogen-bond donors (Lipinski definition) is 1. The van der Waals surface area contributed by atoms with Crippen LogP contribution in [0.2, 0.25) is 5.02 Å². The average Bonchev–Trinajstić information content (AvgIpc) is 2.55. The van der Waals surface area contributed by atoms with Crippen LogP contribution in [0.25, 0.3) is 6.08 Å². The molecule has 1 saturated heterocycles. The molecule has 22 heavy (non-hydrogen) atoms. The number of piperazine rings is 1. The molecular weight excluding hydrogens is 304 g/mol. The molecule has 1 fully saturated rings. The van der Waals surface area contributed by atoms with Crippen molar-refractivity contribution in [3.63, 3.8) is 0 Å². The number of carbonyl (C=O) groups excluding carboxylic acids is 1. The topological polar surface area (TPSA) is 50.8 Å². The minimum atomic E-state index is 0.00507. The number of benzene rings is 1. The Labute approximate surface area is 135 Å². The molecule has 1 aliphatic rings. The number of amides is 1. The minimum absolute atomic E-state index is 0.00507. The molecule has 0 spiro atoms. The minimum Gasteiger partial charge on any atom is -0.493 e. The predicted molar refractivity (Wildman–Crippen MR) is 87.7 cm³/mol. The van der Waals surface area contributed by atoms with Gasteiger partial charge in [-0.2, -0.15) is 0 Å². The fourth-order valence-corrected chi connectivity index (χ4v) is 2.55. The molecule has 6 heteroatoms. The first-order chi connectivity index (χ1) is 10.7. The fourth-order valence-electron chi connectivity index (χ4n) is 2.28. The highest BCUT2D eigenvalue weighted by molar-refractivity contribution is 6.32. The number of carbonyl (C=O) groups is 1. The normalized spacial score (nSPS) is 15.1. The van der Waals surface area contributed by atoms with E-state index in [9.17, 15) is 4.79 Å². The molecule has 5 nitrogen and oxygen atoms in total. The molecular formula is C16H21ClN2O3. The molecule has 0 saturated carbocycles. The summed E-state index contributed by atoms with van der Waals surface area (Å²) in [6.45, 7) is 5.53. The highest BCUT2D eigenvalue weighted by Gasteiger charge is 2.14. The average molecular weight is 325 g/mol. The Kier molecular flexibility index (Phi) is 6.10. The lowest BCUT2D eigenvalue weighted by molar-refractivity contribution is -0.126. The van der Waals surface area contributed by atoms with Gasteiger partial charge < -0.3 is 19.7 Å². The van der Waals surface area contributed by atoms with Gasteiger partial charge in [-0.15, -0.1) is 0 Å². The van der Waals surface area contributed by atoms with E-state index in [1.165, 1.54) is 0 Å². The van der Waals surface area contributed by atoms with Crippen LogP contribution in [0.4, 0.5) is 0 Å². The molecule has 1 amide bonds. The van der Waals surface area contributed by atoms with Gasteiger partial charge in [-0.05, 0) is 30.7 Å². The molecule has 0 atom stereocenters. The van der Waals surface area contributed by atoms with Crippen LogP contribution < -0.4 is 14.8 Å². The van der Waals surface area contributed by atoms with Crippen LogP contribution >= 0.6 is 11.6 Å². The van der Waals surface area contributed by atoms with E-state index < -0.39 is 0 Å². The summed E-state index contributed by atoms with van der Waals surface area (Å²) in [6, 6.07) is 3.56. The van der Waals surface area contributed by atoms with Gasteiger partial charge in [-0.25, -0.2) is 0 Å². The van der Waals surface area contributed by atoms with Gasteiger partial charge in [0.15, 0.2) is 11.5 Å². The van der Waals surface area contributed by atoms with E-state index in [1.54, 1.807) is 31.4 Å². The summed E-state index contributed by atoms with van der Waals surface area (Å²) < 4.78 is 10.8. The van der Waals surface area contributed by atoms with Gasteiger partial charge in [0.05, 0.1) is 18.7 Å². The number of nitrogens with zero attached hydrogens (tertiary/aromatic N) is 1. The molecule has 0 unspecified atom stereocenters. The van der Waals surface area contributed by atoms with Crippen LogP contribution in [0, 0.1) is 0 Å². The third-order valence-corrected chi connectivity index (χ3v) is 3.67. The third kappa shape index (κ3) is 4.15. The zero-order valence-corrected chi connectivity index (χ0v) is 13.7. The van der Waals surface area contributed by atoms with Crippen molar-refractivity contribution in [1.29, 1.82) is 0 Å². The first-order valence-corrected chi connectivity index (χ1v) is 7.71. The first kappa shape index (κ1) is 16.6. The summed E-state index contributed by atoms with van der Waals surface area (Å²) >= 11 is 6.21. The first-order valence-electron chi connectivity index (χ1n) is 7.33. The maximum Gasteiger partial charge on any atom is 0.246 e. The number of ether oxygens (including phenoxy) is 2. The van der Waals surface area contributed by atoms with Crippen molar-refractivity contribution in [1.82, 2.24) is 10.2 Å². The molecule has 0 aromatic heterocycles. The van der Waals surface area contributed by atoms with Crippen LogP contribution in [0.5, 0.6) is 11.5 Å². The number of nitrogens with one attached hydrogen (secondary N) is 1. The second-order valence-corrected chi connectivity index (χ2v) is 5.28. The van der Waals surface area contributed by atoms with Gasteiger partial charge in [-0.1, -0.05) is 11.6 Å². The van der Waals surface area contributed by atoms with Crippen LogP contribution in [0.3, 0.4) is 0 Å². The Morgan fingerprint density at radius 3 is 2.77 bits per heavy atom. The molecule has 0 radical (unpaired) electrons. The maximum absolute atomic E-state index is 12.1. The number of methoxy groups -OCH3 is 1. The van der Waals surface area contributed by atoms with Gasteiger partial charge in [0.25, 0.3) is 0 Å². The Morgan fingerprint density at radius 1 is 1.41 bits per heavy atom. The Morgan fingerprint density at radius 2 is 2.14 bits per heavy atom. The van der Waals surface area contributed by atoms with Crippen LogP contribution in [-0.2, 0) is 4.79 Å². The van der Waals surface area contributed by atoms with E-state index in [0.717, 1.165) is 31.7 Å². The fraction of sp³-hybridized carbons (Fsp3) is 0.438. The Hall–Kier alpha value is -1.72. The van der Waals surface area contributed by atoms with Crippen molar-refractivity contribution in [2.45, 2.75) is 6.92 Å². The summed E-state index contributed by atoms with van der Waals surface area (Å²) in [4.78, 5) is 13.9. The van der Waals surface area contributed by atoms with Gasteiger partial charge >= 0.3 is 0 Å². The van der Waals surface area contributed by atoms with Crippen LogP contribution in [-0.4, -0.2) is 50.7 Å². The standard InChI is InChI=1S/C16H21ClN2O3/c1-3-22-16-13(17)10-12(11-14(16)21-2)4-5-15(20)19-8-6-18-7-9-19/h4-5,10-11,18H,3,6-9H2,1-2H3/b5-4+. The predicted octanol–water partition coefficient (Wildman–Crippen LogP) is 2.19. The zero-order valence-electron chi connectivity index (χ0n) is 12.9. The van der Waals surface area contributed by atoms with Crippen molar-refractivity contribution in [2.75, 3.05) is 39.9 Å². The molecule has 1 heterocycles. The van der Waals surface area contributed by atoms with Gasteiger partial charge in [0.1, 0.15) is 0 Å². The Bertz CT molecular complexity index is 555. The van der Waals surface area contributed by atoms with Crippen molar-refractivity contribution < 1.29 is 14.3 Å². The summed E-state index contributed by atoms with van der Waals surface area (Å²) in [5.41, 5.74) is 0.800. The molecule has 1 aromatic carbocycles. The van der Waals surface area contributed by atoms with Gasteiger partial charge in [-0.3, -0.25) is 4.79 Å². The van der Waals surface area contributed by atoms with E-state index in [1.807, 2.05) is 11.8 Å². The van der Waals surface area contributed by atoms with Gasteiger partial charge in [0, 0.05) is 32.3 Å². The van der Waals surface area contributed by atoms with E-state index in [2.05, 4.69) is 5.32 Å². The second-order valence-electron chi connectivity index (χ2n) is 4.88. The summed E-state index contributed by atoms with van der Waals surface area (Å²) in [5.74, 6) is 1.09. The maximum atomic E-state index is 12.1. The van der Waals surface area contributed by atoms with E-state index in [-0.39, 0.29) is 5.91 Å². The largest absolute Gasteiger partial charge is 0.493 e. The number of halogens is 1. The van der Waals surface area contributed by atoms with Crippen molar-refractivity contribution in [3.8, 4) is 11.5 Å². The molecule has 0 aliphatic carbocycles. The third-order valence-electron chi connectivity index (χ3n) is 3.39. The van der Waals surface area contributed by atoms with Crippen molar-refractivity contribution in [2.24, 2.45) is 0 Å². The number of hydrogen-bond acceptors (Lipinski definition) is 4. The molecule has 2 rings (SSSR count). The van der Waals surface area contributed by atoms with Crippen molar-refractivity contribution in [3.05, 3.63) is 28.8 Å².